The van der Waals surface area contributed by atoms with Crippen LogP contribution in [0.3, 0.4) is 0 Å². The van der Waals surface area contributed by atoms with Gasteiger partial charge in [0, 0.05) is 132 Å². The van der Waals surface area contributed by atoms with Crippen molar-refractivity contribution in [2.24, 2.45) is 0 Å². The largest absolute Gasteiger partial charge is 0.309 e. The third-order valence-electron chi connectivity index (χ3n) is 24.3. The number of para-hydroxylation sites is 16. The predicted molar refractivity (Wildman–Crippen MR) is 591 cm³/mol. The average Bonchev–Trinajstić information content (AvgIpc) is 1.53. The van der Waals surface area contributed by atoms with Crippen molar-refractivity contribution in [3.05, 3.63) is 532 Å². The number of rotatable bonds is 10. The fraction of sp³-hybridized carbons (Fsp3) is 0. The lowest BCUT2D eigenvalue weighted by atomic mass is 10.0. The molecule has 0 saturated heterocycles. The topological polar surface area (TPSA) is 39.4 Å². The minimum atomic E-state index is -0.936. The fourth-order valence-electron chi connectivity index (χ4n) is 18.5. The number of hydrogen-bond acceptors (Lipinski definition) is 0. The molecule has 140 heavy (non-hydrogen) atoms. The van der Waals surface area contributed by atoms with E-state index in [1.54, 1.807) is 59.2 Å². The van der Waals surface area contributed by atoms with Crippen LogP contribution in [0.4, 0.5) is 0 Å². The van der Waals surface area contributed by atoms with Gasteiger partial charge in [0.1, 0.15) is 0 Å². The highest BCUT2D eigenvalue weighted by Crippen LogP contribution is 2.44. The number of nitrogens with zero attached hydrogens (tertiary/aromatic N) is 8. The maximum absolute atomic E-state index is 9.53. The van der Waals surface area contributed by atoms with Crippen molar-refractivity contribution in [3.63, 3.8) is 0 Å². The van der Waals surface area contributed by atoms with Gasteiger partial charge in [-0.05, 0) is 204 Å². The Bertz CT molecular complexity index is 13000. The Labute approximate surface area is 891 Å². The Balaban J connectivity index is 0.000000122. The number of hydrogen-bond donors (Lipinski definition) is 0. The molecule has 0 N–H and O–H groups in total. The van der Waals surface area contributed by atoms with Crippen LogP contribution in [0.25, 0.3) is 242 Å². The molecule has 0 aliphatic carbocycles. The third kappa shape index (κ3) is 13.4. The number of benzene rings is 22. The van der Waals surface area contributed by atoms with Gasteiger partial charge >= 0.3 is 0 Å². The molecule has 0 saturated carbocycles. The van der Waals surface area contributed by atoms with E-state index in [-0.39, 0.29) is 145 Å². The summed E-state index contributed by atoms with van der Waals surface area (Å²) in [4.78, 5) is 0. The van der Waals surface area contributed by atoms with Crippen LogP contribution in [0.15, 0.2) is 532 Å². The number of fused-ring (bicyclic) bond motifs is 24. The van der Waals surface area contributed by atoms with Crippen LogP contribution in [-0.4, -0.2) is 36.5 Å². The van der Waals surface area contributed by atoms with E-state index >= 15 is 0 Å². The lowest BCUT2D eigenvalue weighted by molar-refractivity contribution is 1.13. The molecule has 0 unspecified atom stereocenters. The maximum atomic E-state index is 9.53. The van der Waals surface area contributed by atoms with Gasteiger partial charge in [-0.1, -0.05) is 351 Å². The van der Waals surface area contributed by atoms with Gasteiger partial charge in [0.2, 0.25) is 0 Å². The van der Waals surface area contributed by atoms with E-state index < -0.39 is 393 Å². The molecule has 0 aliphatic heterocycles. The molecule has 8 nitrogen and oxygen atoms in total. The Kier molecular flexibility index (Phi) is 9.82. The molecular formula is C132H88N8. The SMILES string of the molecule is [2H]c1c([2H])c(-n2c3c([2H])c([2H])c([2H])c([2H])c3c3c([2H])c([2H])c([2H])c([2H])c32)c([2H])c(-n2c3c([2H])c([2H])c([2H])c([2H])c3c3c([2H])c([2H])c([2H])c([2H])c32)c1[2H].[2H]c1c([2H])c([2H])c2c(c1[2H])c1c([2H])c([2H])c([2H])c([2H])c1n2-c1cccc(-c2cccc(-n3c4c([2H])c([2H])c([2H])c([2H])c4c4c([2H])c([2H])c([2H])c([2H])c43)c2)c1.[2H]c1c([2H])c([2H])c2c(c1[2H])c1c([2H])c([2H])c([2H])c([2H])c1n2-c1cccc(-c2cccc(-n3c4ccccc4c4ccccc43)c2)c1.[2H]c1c([2H])c([2H])c2c(c1[2H])c1c([2H])c([2H])c([2H])c([2H])c1n2-c1cccc(-n2c3c([2H])c([2H])c([2H])c([2H])c3c3c([2H])c([2H])c([2H])c([2H])c32)c1. The summed E-state index contributed by atoms with van der Waals surface area (Å²) in [7, 11) is 0. The van der Waals surface area contributed by atoms with Crippen LogP contribution in [0.2, 0.25) is 0 Å². The van der Waals surface area contributed by atoms with Crippen LogP contribution >= 0.6 is 0 Å². The molecular weight excluding hydrogens is 1700 g/mol. The summed E-state index contributed by atoms with van der Waals surface area (Å²) in [5.41, 5.74) is 3.46. The summed E-state index contributed by atoms with van der Waals surface area (Å²) >= 11 is 0. The summed E-state index contributed by atoms with van der Waals surface area (Å²) in [6, 6.07) is 15.9. The zero-order valence-corrected chi connectivity index (χ0v) is 71.7. The van der Waals surface area contributed by atoms with Crippen LogP contribution in [0.1, 0.15) is 82.2 Å². The van der Waals surface area contributed by atoms with E-state index in [4.69, 9.17) is 80.9 Å². The minimum absolute atomic E-state index is 0.0394. The molecule has 0 amide bonds. The smallest absolute Gasteiger partial charge is 0.0667 e. The molecule has 8 aromatic heterocycles. The second kappa shape index (κ2) is 33.7. The predicted octanol–water partition coefficient (Wildman–Crippen LogP) is 34.9. The summed E-state index contributed by atoms with van der Waals surface area (Å²) < 4.78 is 526. The quantitative estimate of drug-likeness (QED) is 0.131. The van der Waals surface area contributed by atoms with Crippen LogP contribution < -0.4 is 0 Å². The third-order valence-corrected chi connectivity index (χ3v) is 24.3. The monoisotopic (exact) mass is 1850 g/mol. The molecule has 0 radical (unpaired) electrons. The van der Waals surface area contributed by atoms with Crippen molar-refractivity contribution in [3.8, 4) is 67.8 Å². The van der Waals surface area contributed by atoms with Gasteiger partial charge in [-0.15, -0.1) is 0 Å². The van der Waals surface area contributed by atoms with Crippen LogP contribution in [-0.2, 0) is 0 Å². The van der Waals surface area contributed by atoms with Gasteiger partial charge in [-0.25, -0.2) is 0 Å². The standard InChI is InChI=1S/2C36H24N2.2C30H20N2/c2*1-5-19-33-29(15-1)30-16-2-6-20-34(30)37(33)27-13-9-11-25(23-27)26-12-10-14-28(24-26)38-35-21-7-3-17-31(35)32-18-4-8-22-36(32)38;2*1-5-16-27-23(12-1)24-13-2-6-17-28(24)31(27)21-10-9-11-22(20-21)32-29-18-7-3-14-25(29)26-15-4-8-19-30(26)32/h2*1-24H;2*1-20H/i1D,2D,3D,4D,5D,6D,7D,8D,15D,16D,17D,18D,19D,20D,21D,22D;1D,2D,5D,6D,15D,16D,19D,20D;1D,2D,3D,4D,5D,6D,7D,8D,9D,10D,11D,12D,13D,14D,15D,16D,17D,18D,19D,20D;1D,2D,3D,4D,5D,6D,7D,8D,12D,13D,14D,15D,16D,17D,18D,19D. The normalized spacial score (nSPS) is 17.7. The molecule has 0 aliphatic rings. The molecule has 22 aromatic carbocycles. The molecule has 656 valence electrons. The van der Waals surface area contributed by atoms with E-state index in [1.165, 1.54) is 42.5 Å². The lowest BCUT2D eigenvalue weighted by Gasteiger charge is -2.12. The highest BCUT2D eigenvalue weighted by molar-refractivity contribution is 6.16. The molecule has 0 atom stereocenters. The summed E-state index contributed by atoms with van der Waals surface area (Å²) in [6.45, 7) is 0. The van der Waals surface area contributed by atoms with E-state index in [0.717, 1.165) is 47.8 Å². The minimum Gasteiger partial charge on any atom is -0.309 e. The first-order valence-corrected chi connectivity index (χ1v) is 43.1. The van der Waals surface area contributed by atoms with Gasteiger partial charge in [0.15, 0.2) is 0 Å². The zero-order valence-electron chi connectivity index (χ0n) is 132. The summed E-state index contributed by atoms with van der Waals surface area (Å²) in [5.74, 6) is 0. The molecule has 30 rings (SSSR count). The molecule has 8 heteroatoms. The van der Waals surface area contributed by atoms with Gasteiger partial charge < -0.3 is 36.5 Å². The van der Waals surface area contributed by atoms with E-state index in [2.05, 4.69) is 41.0 Å². The maximum Gasteiger partial charge on any atom is 0.0667 e. The van der Waals surface area contributed by atoms with Crippen molar-refractivity contribution in [2.45, 2.75) is 0 Å². The highest BCUT2D eigenvalue weighted by atomic mass is 15.0. The second-order valence-corrected chi connectivity index (χ2v) is 31.8. The van der Waals surface area contributed by atoms with Crippen molar-refractivity contribution >= 4 is 174 Å². The highest BCUT2D eigenvalue weighted by Gasteiger charge is 2.23. The molecule has 0 spiro atoms. The zero-order chi connectivity index (χ0) is 144. The fourth-order valence-corrected chi connectivity index (χ4v) is 18.5. The van der Waals surface area contributed by atoms with Crippen LogP contribution in [0, 0.1) is 0 Å². The summed E-state index contributed by atoms with van der Waals surface area (Å²) in [5, 5.41) is 0.104. The number of aromatic nitrogens is 8. The molecule has 8 heterocycles. The van der Waals surface area contributed by atoms with E-state index in [0.29, 0.717) is 28.2 Å². The van der Waals surface area contributed by atoms with Gasteiger partial charge in [-0.2, -0.15) is 0 Å². The first kappa shape index (κ1) is 40.8. The van der Waals surface area contributed by atoms with Crippen molar-refractivity contribution in [1.29, 1.82) is 0 Å². The Morgan fingerprint density at radius 2 is 0.271 bits per heavy atom. The van der Waals surface area contributed by atoms with Crippen molar-refractivity contribution in [1.82, 2.24) is 36.5 Å². The second-order valence-electron chi connectivity index (χ2n) is 31.8. The van der Waals surface area contributed by atoms with E-state index in [1.807, 2.05) is 54.6 Å². The van der Waals surface area contributed by atoms with Gasteiger partial charge in [-0.3, -0.25) is 0 Å². The lowest BCUT2D eigenvalue weighted by Crippen LogP contribution is -1.98. The molecule has 0 bridgehead atoms. The van der Waals surface area contributed by atoms with Gasteiger partial charge in [0.25, 0.3) is 0 Å². The van der Waals surface area contributed by atoms with Crippen molar-refractivity contribution < 1.29 is 82.2 Å². The molecule has 30 aromatic rings. The average molecular weight is 1850 g/mol. The van der Waals surface area contributed by atoms with Crippen LogP contribution in [0.5, 0.6) is 0 Å². The Morgan fingerprint density at radius 3 is 0.471 bits per heavy atom. The Hall–Kier alpha value is -18.8. The van der Waals surface area contributed by atoms with E-state index in [9.17, 15) is 1.37 Å². The first-order valence-electron chi connectivity index (χ1n) is 73.1. The molecule has 0 fully saturated rings. The van der Waals surface area contributed by atoms with Gasteiger partial charge in [0.05, 0.1) is 171 Å². The van der Waals surface area contributed by atoms with Crippen molar-refractivity contribution in [2.75, 3.05) is 0 Å². The Morgan fingerprint density at radius 1 is 0.114 bits per heavy atom. The summed E-state index contributed by atoms with van der Waals surface area (Å²) in [6.07, 6.45) is 0. The first-order chi connectivity index (χ1) is 94.4.